The van der Waals surface area contributed by atoms with Gasteiger partial charge >= 0.3 is 0 Å². The number of unbranched alkanes of at least 4 members (excludes halogenated alkanes) is 3. The summed E-state index contributed by atoms with van der Waals surface area (Å²) in [5, 5.41) is 3.68. The number of rotatable bonds is 10. The van der Waals surface area contributed by atoms with Crippen molar-refractivity contribution in [3.63, 3.8) is 0 Å². The number of hydrogen-bond acceptors (Lipinski definition) is 4. The average molecular weight is 553 g/mol. The molecule has 1 aliphatic rings. The number of fused-ring (bicyclic) bond motifs is 1. The largest absolute Gasteiger partial charge is 0.355 e. The van der Waals surface area contributed by atoms with Gasteiger partial charge in [-0.25, -0.2) is 9.97 Å². The van der Waals surface area contributed by atoms with Crippen LogP contribution in [-0.2, 0) is 11.2 Å². The number of aryl methyl sites for hydroxylation is 1. The van der Waals surface area contributed by atoms with Crippen molar-refractivity contribution in [2.24, 2.45) is 5.92 Å². The number of para-hydroxylation sites is 1. The fraction of sp³-hybridized carbons (Fsp3) is 0.324. The molecule has 1 aliphatic heterocycles. The van der Waals surface area contributed by atoms with Crippen LogP contribution in [0.4, 0.5) is 11.5 Å². The highest BCUT2D eigenvalue weighted by molar-refractivity contribution is 6.30. The van der Waals surface area contributed by atoms with Crippen molar-refractivity contribution in [3.05, 3.63) is 95.1 Å². The van der Waals surface area contributed by atoms with E-state index in [1.54, 1.807) is 0 Å². The predicted octanol–water partition coefficient (Wildman–Crippen LogP) is 8.36. The Balaban J connectivity index is 1.27. The Morgan fingerprint density at radius 3 is 2.25 bits per heavy atom. The second-order valence-electron chi connectivity index (χ2n) is 10.9. The van der Waals surface area contributed by atoms with Crippen molar-refractivity contribution in [3.8, 4) is 22.5 Å². The first-order valence-corrected chi connectivity index (χ1v) is 14.7. The molecule has 0 aliphatic carbocycles. The smallest absolute Gasteiger partial charge is 0.224 e. The lowest BCUT2D eigenvalue weighted by molar-refractivity contribution is -0.116. The van der Waals surface area contributed by atoms with E-state index in [-0.39, 0.29) is 5.91 Å². The number of aromatic nitrogens is 2. The second kappa shape index (κ2) is 13.1. The zero-order valence-electron chi connectivity index (χ0n) is 23.4. The van der Waals surface area contributed by atoms with Crippen LogP contribution in [0.5, 0.6) is 0 Å². The van der Waals surface area contributed by atoms with Gasteiger partial charge in [0.1, 0.15) is 0 Å². The van der Waals surface area contributed by atoms with Crippen molar-refractivity contribution < 1.29 is 4.79 Å². The number of nitrogens with one attached hydrogen (secondary N) is 1. The molecule has 2 heterocycles. The van der Waals surface area contributed by atoms with Gasteiger partial charge in [0.2, 0.25) is 5.91 Å². The molecule has 1 unspecified atom stereocenters. The monoisotopic (exact) mass is 552 g/mol. The van der Waals surface area contributed by atoms with Crippen LogP contribution >= 0.6 is 11.6 Å². The highest BCUT2D eigenvalue weighted by atomic mass is 35.5. The molecule has 4 aromatic rings. The van der Waals surface area contributed by atoms with Crippen molar-refractivity contribution >= 4 is 29.0 Å². The third kappa shape index (κ3) is 7.08. The van der Waals surface area contributed by atoms with E-state index in [1.165, 1.54) is 5.56 Å². The van der Waals surface area contributed by atoms with Crippen molar-refractivity contribution in [2.45, 2.75) is 52.4 Å². The van der Waals surface area contributed by atoms with Gasteiger partial charge in [0.25, 0.3) is 0 Å². The number of anilines is 2. The zero-order chi connectivity index (χ0) is 27.9. The van der Waals surface area contributed by atoms with Gasteiger partial charge in [0, 0.05) is 41.3 Å². The summed E-state index contributed by atoms with van der Waals surface area (Å²) >= 11 is 6.21. The lowest BCUT2D eigenvalue weighted by atomic mass is 9.97. The fourth-order valence-electron chi connectivity index (χ4n) is 5.31. The Hall–Kier alpha value is -3.70. The molecular weight excluding hydrogens is 516 g/mol. The predicted molar refractivity (Wildman–Crippen MR) is 166 cm³/mol. The van der Waals surface area contributed by atoms with Gasteiger partial charge < -0.3 is 10.2 Å². The summed E-state index contributed by atoms with van der Waals surface area (Å²) < 4.78 is 0. The number of carbonyl (C=O) groups is 1. The average Bonchev–Trinajstić information content (AvgIpc) is 2.95. The quantitative estimate of drug-likeness (QED) is 0.201. The van der Waals surface area contributed by atoms with Crippen LogP contribution in [0.1, 0.15) is 50.3 Å². The molecule has 1 atom stereocenters. The van der Waals surface area contributed by atoms with Crippen LogP contribution in [-0.4, -0.2) is 29.0 Å². The summed E-state index contributed by atoms with van der Waals surface area (Å²) in [6, 6.07) is 26.1. The van der Waals surface area contributed by atoms with Crippen LogP contribution in [0.3, 0.4) is 0 Å². The Labute approximate surface area is 242 Å². The maximum absolute atomic E-state index is 12.2. The molecule has 3 aromatic carbocycles. The van der Waals surface area contributed by atoms with Crippen molar-refractivity contribution in [2.75, 3.05) is 23.3 Å². The molecule has 1 amide bonds. The van der Waals surface area contributed by atoms with E-state index in [0.29, 0.717) is 17.4 Å². The molecule has 1 aromatic heterocycles. The molecule has 5 nitrogen and oxygen atoms in total. The summed E-state index contributed by atoms with van der Waals surface area (Å²) in [5.41, 5.74) is 7.06. The molecule has 0 saturated heterocycles. The Morgan fingerprint density at radius 1 is 0.875 bits per heavy atom. The molecule has 0 radical (unpaired) electrons. The van der Waals surface area contributed by atoms with Crippen molar-refractivity contribution in [1.29, 1.82) is 0 Å². The van der Waals surface area contributed by atoms with Crippen LogP contribution in [0.25, 0.3) is 22.5 Å². The third-order valence-electron chi connectivity index (χ3n) is 7.40. The second-order valence-corrected chi connectivity index (χ2v) is 11.3. The number of halogens is 1. The van der Waals surface area contributed by atoms with E-state index in [2.05, 4.69) is 48.3 Å². The van der Waals surface area contributed by atoms with Gasteiger partial charge in [0.05, 0.1) is 17.1 Å². The zero-order valence-corrected chi connectivity index (χ0v) is 24.1. The minimum Gasteiger partial charge on any atom is -0.355 e. The Morgan fingerprint density at radius 2 is 1.52 bits per heavy atom. The lowest BCUT2D eigenvalue weighted by Gasteiger charge is -2.34. The molecule has 0 spiro atoms. The van der Waals surface area contributed by atoms with Gasteiger partial charge in [-0.15, -0.1) is 0 Å². The number of hydrogen-bond donors (Lipinski definition) is 1. The maximum Gasteiger partial charge on any atom is 0.224 e. The van der Waals surface area contributed by atoms with Gasteiger partial charge in [0.15, 0.2) is 5.82 Å². The van der Waals surface area contributed by atoms with Gasteiger partial charge in [-0.3, -0.25) is 4.79 Å². The standard InChI is InChI=1S/C34H37ClN4O/c1-24-13-15-26(16-14-24)32-33(27-17-19-28(35)20-18-27)38-34-30(37-32)22-25(2)23-39(34)21-9-4-3-8-12-31(40)36-29-10-6-5-7-11-29/h5-7,10-11,13-20,25H,3-4,8-9,12,21-23H2,1-2H3,(H,36,40). The summed E-state index contributed by atoms with van der Waals surface area (Å²) in [4.78, 5) is 25.2. The van der Waals surface area contributed by atoms with Crippen LogP contribution < -0.4 is 10.2 Å². The number of carbonyl (C=O) groups excluding carboxylic acids is 1. The first-order valence-electron chi connectivity index (χ1n) is 14.3. The fourth-order valence-corrected chi connectivity index (χ4v) is 5.44. The first kappa shape index (κ1) is 27.9. The summed E-state index contributed by atoms with van der Waals surface area (Å²) in [6.07, 6.45) is 5.55. The van der Waals surface area contributed by atoms with E-state index in [4.69, 9.17) is 21.6 Å². The van der Waals surface area contributed by atoms with Gasteiger partial charge in [-0.2, -0.15) is 0 Å². The molecule has 0 saturated carbocycles. The minimum atomic E-state index is 0.0827. The molecule has 0 bridgehead atoms. The Bertz CT molecular complexity index is 1420. The highest BCUT2D eigenvalue weighted by Crippen LogP contribution is 2.36. The number of nitrogens with zero attached hydrogens (tertiary/aromatic N) is 3. The first-order chi connectivity index (χ1) is 19.5. The third-order valence-corrected chi connectivity index (χ3v) is 7.65. The molecule has 1 N–H and O–H groups in total. The van der Waals surface area contributed by atoms with Gasteiger partial charge in [-0.1, -0.05) is 91.5 Å². The topological polar surface area (TPSA) is 58.1 Å². The van der Waals surface area contributed by atoms with E-state index in [0.717, 1.165) is 84.9 Å². The SMILES string of the molecule is Cc1ccc(-c2nc3c(nc2-c2ccc(Cl)cc2)N(CCCCCCC(=O)Nc2ccccc2)CC(C)C3)cc1. The minimum absolute atomic E-state index is 0.0827. The van der Waals surface area contributed by atoms with E-state index >= 15 is 0 Å². The molecular formula is C34H37ClN4O. The summed E-state index contributed by atoms with van der Waals surface area (Å²) in [6.45, 7) is 6.31. The Kier molecular flexibility index (Phi) is 9.12. The molecule has 5 rings (SSSR count). The molecule has 6 heteroatoms. The van der Waals surface area contributed by atoms with Crippen LogP contribution in [0.2, 0.25) is 5.02 Å². The molecule has 40 heavy (non-hydrogen) atoms. The van der Waals surface area contributed by atoms with Gasteiger partial charge in [-0.05, 0) is 56.4 Å². The summed E-state index contributed by atoms with van der Waals surface area (Å²) in [7, 11) is 0. The van der Waals surface area contributed by atoms with E-state index < -0.39 is 0 Å². The molecule has 0 fully saturated rings. The molecule has 206 valence electrons. The number of benzene rings is 3. The normalized spacial score (nSPS) is 14.6. The lowest BCUT2D eigenvalue weighted by Crippen LogP contribution is -2.36. The highest BCUT2D eigenvalue weighted by Gasteiger charge is 2.27. The van der Waals surface area contributed by atoms with Crippen LogP contribution in [0.15, 0.2) is 78.9 Å². The van der Waals surface area contributed by atoms with Crippen LogP contribution in [0, 0.1) is 12.8 Å². The van der Waals surface area contributed by atoms with E-state index in [1.807, 2.05) is 54.6 Å². The number of amides is 1. The summed E-state index contributed by atoms with van der Waals surface area (Å²) in [5.74, 6) is 1.59. The van der Waals surface area contributed by atoms with Crippen molar-refractivity contribution in [1.82, 2.24) is 9.97 Å². The maximum atomic E-state index is 12.2. The van der Waals surface area contributed by atoms with E-state index in [9.17, 15) is 4.79 Å².